The SMILES string of the molecule is C=CCSc1nnc2c(n1)[nH]c1ccc(CC)cc12. The van der Waals surface area contributed by atoms with E-state index in [1.807, 2.05) is 6.08 Å². The predicted octanol–water partition coefficient (Wildman–Crippen LogP) is 3.35. The van der Waals surface area contributed by atoms with Crippen LogP contribution < -0.4 is 0 Å². The van der Waals surface area contributed by atoms with Crippen molar-refractivity contribution in [2.45, 2.75) is 18.5 Å². The number of aryl methyl sites for hydroxylation is 1. The lowest BCUT2D eigenvalue weighted by Crippen LogP contribution is -1.91. The minimum absolute atomic E-state index is 0.676. The highest BCUT2D eigenvalue weighted by Crippen LogP contribution is 2.24. The molecular weight excluding hydrogens is 256 g/mol. The summed E-state index contributed by atoms with van der Waals surface area (Å²) in [5, 5.41) is 10.2. The molecule has 0 radical (unpaired) electrons. The van der Waals surface area contributed by atoms with Gasteiger partial charge >= 0.3 is 0 Å². The summed E-state index contributed by atoms with van der Waals surface area (Å²) < 4.78 is 0. The van der Waals surface area contributed by atoms with Gasteiger partial charge in [0.1, 0.15) is 5.52 Å². The number of thioether (sulfide) groups is 1. The Morgan fingerprint density at radius 2 is 2.26 bits per heavy atom. The molecule has 0 amide bonds. The lowest BCUT2D eigenvalue weighted by atomic mass is 10.1. The molecule has 0 spiro atoms. The number of hydrogen-bond donors (Lipinski definition) is 1. The first-order valence-electron chi connectivity index (χ1n) is 6.20. The van der Waals surface area contributed by atoms with Crippen LogP contribution >= 0.6 is 11.8 Å². The van der Waals surface area contributed by atoms with Gasteiger partial charge < -0.3 is 4.98 Å². The minimum Gasteiger partial charge on any atom is -0.338 e. The van der Waals surface area contributed by atoms with E-state index < -0.39 is 0 Å². The van der Waals surface area contributed by atoms with Crippen LogP contribution in [0.5, 0.6) is 0 Å². The minimum atomic E-state index is 0.676. The van der Waals surface area contributed by atoms with Gasteiger partial charge in [-0.15, -0.1) is 16.8 Å². The Kier molecular flexibility index (Phi) is 3.21. The number of fused-ring (bicyclic) bond motifs is 3. The van der Waals surface area contributed by atoms with E-state index in [4.69, 9.17) is 0 Å². The predicted molar refractivity (Wildman–Crippen MR) is 79.5 cm³/mol. The van der Waals surface area contributed by atoms with E-state index in [-0.39, 0.29) is 0 Å². The maximum Gasteiger partial charge on any atom is 0.211 e. The molecule has 96 valence electrons. The fourth-order valence-electron chi connectivity index (χ4n) is 2.02. The van der Waals surface area contributed by atoms with E-state index in [1.54, 1.807) is 0 Å². The Morgan fingerprint density at radius 1 is 1.37 bits per heavy atom. The monoisotopic (exact) mass is 270 g/mol. The highest BCUT2D eigenvalue weighted by Gasteiger charge is 2.09. The Bertz CT molecular complexity index is 748. The van der Waals surface area contributed by atoms with Crippen LogP contribution in [0.2, 0.25) is 0 Å². The highest BCUT2D eigenvalue weighted by molar-refractivity contribution is 7.99. The smallest absolute Gasteiger partial charge is 0.211 e. The van der Waals surface area contributed by atoms with Crippen LogP contribution in [0.15, 0.2) is 36.0 Å². The number of nitrogens with one attached hydrogen (secondary N) is 1. The third-order valence-electron chi connectivity index (χ3n) is 3.00. The van der Waals surface area contributed by atoms with E-state index in [9.17, 15) is 0 Å². The third-order valence-corrected chi connectivity index (χ3v) is 3.83. The molecule has 4 nitrogen and oxygen atoms in total. The summed E-state index contributed by atoms with van der Waals surface area (Å²) in [6.45, 7) is 5.83. The van der Waals surface area contributed by atoms with Gasteiger partial charge in [0.25, 0.3) is 0 Å². The number of rotatable bonds is 4. The third kappa shape index (κ3) is 2.21. The fourth-order valence-corrected chi connectivity index (χ4v) is 2.54. The molecule has 0 aliphatic rings. The van der Waals surface area contributed by atoms with Crippen molar-refractivity contribution in [3.05, 3.63) is 36.4 Å². The van der Waals surface area contributed by atoms with Crippen LogP contribution in [-0.4, -0.2) is 25.9 Å². The van der Waals surface area contributed by atoms with Gasteiger partial charge in [0, 0.05) is 16.7 Å². The Morgan fingerprint density at radius 3 is 3.05 bits per heavy atom. The Hall–Kier alpha value is -1.88. The first kappa shape index (κ1) is 12.2. The van der Waals surface area contributed by atoms with E-state index in [0.717, 1.165) is 34.2 Å². The van der Waals surface area contributed by atoms with E-state index in [1.165, 1.54) is 17.3 Å². The summed E-state index contributed by atoms with van der Waals surface area (Å²) in [7, 11) is 0. The number of benzene rings is 1. The molecule has 5 heteroatoms. The molecule has 0 saturated heterocycles. The largest absolute Gasteiger partial charge is 0.338 e. The second-order valence-electron chi connectivity index (χ2n) is 4.25. The van der Waals surface area contributed by atoms with Gasteiger partial charge in [-0.25, -0.2) is 4.98 Å². The summed E-state index contributed by atoms with van der Waals surface area (Å²) in [6, 6.07) is 6.35. The molecule has 2 aromatic heterocycles. The lowest BCUT2D eigenvalue weighted by molar-refractivity contribution is 0.879. The molecule has 0 atom stereocenters. The number of aromatic nitrogens is 4. The summed E-state index contributed by atoms with van der Waals surface area (Å²) in [6.07, 6.45) is 2.84. The van der Waals surface area contributed by atoms with Gasteiger partial charge in [0.05, 0.1) is 0 Å². The van der Waals surface area contributed by atoms with Crippen molar-refractivity contribution in [2.24, 2.45) is 0 Å². The summed E-state index contributed by atoms with van der Waals surface area (Å²) in [5.74, 6) is 0.785. The maximum absolute atomic E-state index is 4.49. The summed E-state index contributed by atoms with van der Waals surface area (Å²) >= 11 is 1.53. The standard InChI is InChI=1S/C14H14N4S/c1-3-7-19-14-16-13-12(17-18-14)10-8-9(4-2)5-6-11(10)15-13/h3,5-6,8H,1,4,7H2,2H3,(H,15,16,18). The van der Waals surface area contributed by atoms with E-state index in [2.05, 4.69) is 51.9 Å². The first-order valence-corrected chi connectivity index (χ1v) is 7.19. The maximum atomic E-state index is 4.49. The van der Waals surface area contributed by atoms with Crippen LogP contribution in [-0.2, 0) is 6.42 Å². The van der Waals surface area contributed by atoms with Gasteiger partial charge in [0.2, 0.25) is 5.16 Å². The molecule has 3 aromatic rings. The molecule has 19 heavy (non-hydrogen) atoms. The topological polar surface area (TPSA) is 54.5 Å². The first-order chi connectivity index (χ1) is 9.31. The summed E-state index contributed by atoms with van der Waals surface area (Å²) in [4.78, 5) is 7.78. The molecule has 0 unspecified atom stereocenters. The fraction of sp³-hybridized carbons (Fsp3) is 0.214. The van der Waals surface area contributed by atoms with Gasteiger partial charge in [0.15, 0.2) is 5.65 Å². The van der Waals surface area contributed by atoms with Crippen LogP contribution in [0.4, 0.5) is 0 Å². The zero-order valence-electron chi connectivity index (χ0n) is 10.7. The molecule has 1 aromatic carbocycles. The summed E-state index contributed by atoms with van der Waals surface area (Å²) in [5.41, 5.74) is 3.98. The molecular formula is C14H14N4S. The van der Waals surface area contributed by atoms with Crippen LogP contribution in [0, 0.1) is 0 Å². The molecule has 0 aliphatic heterocycles. The van der Waals surface area contributed by atoms with Crippen LogP contribution in [0.25, 0.3) is 22.1 Å². The molecule has 0 fully saturated rings. The van der Waals surface area contributed by atoms with Crippen molar-refractivity contribution < 1.29 is 0 Å². The second kappa shape index (κ2) is 5.01. The van der Waals surface area contributed by atoms with E-state index in [0.29, 0.717) is 5.16 Å². The zero-order valence-corrected chi connectivity index (χ0v) is 11.5. The normalized spacial score (nSPS) is 11.2. The van der Waals surface area contributed by atoms with Crippen molar-refractivity contribution in [1.29, 1.82) is 0 Å². The average molecular weight is 270 g/mol. The molecule has 2 heterocycles. The average Bonchev–Trinajstić information content (AvgIpc) is 2.81. The van der Waals surface area contributed by atoms with E-state index >= 15 is 0 Å². The van der Waals surface area contributed by atoms with Crippen LogP contribution in [0.3, 0.4) is 0 Å². The molecule has 3 rings (SSSR count). The van der Waals surface area contributed by atoms with Crippen molar-refractivity contribution in [1.82, 2.24) is 20.2 Å². The van der Waals surface area contributed by atoms with Crippen molar-refractivity contribution >= 4 is 33.8 Å². The van der Waals surface area contributed by atoms with Crippen molar-refractivity contribution in [3.8, 4) is 0 Å². The van der Waals surface area contributed by atoms with Gasteiger partial charge in [-0.05, 0) is 24.1 Å². The Balaban J connectivity index is 2.14. The number of hydrogen-bond acceptors (Lipinski definition) is 4. The molecule has 1 N–H and O–H groups in total. The van der Waals surface area contributed by atoms with Crippen molar-refractivity contribution in [3.63, 3.8) is 0 Å². The highest BCUT2D eigenvalue weighted by atomic mass is 32.2. The molecule has 0 bridgehead atoms. The second-order valence-corrected chi connectivity index (χ2v) is 5.24. The quantitative estimate of drug-likeness (QED) is 0.583. The van der Waals surface area contributed by atoms with Gasteiger partial charge in [-0.2, -0.15) is 0 Å². The number of aromatic amines is 1. The Labute approximate surface area is 115 Å². The lowest BCUT2D eigenvalue weighted by Gasteiger charge is -1.96. The molecule has 0 aliphatic carbocycles. The molecule has 0 saturated carbocycles. The van der Waals surface area contributed by atoms with Crippen molar-refractivity contribution in [2.75, 3.05) is 5.75 Å². The van der Waals surface area contributed by atoms with Gasteiger partial charge in [-0.3, -0.25) is 0 Å². The zero-order chi connectivity index (χ0) is 13.2. The van der Waals surface area contributed by atoms with Crippen LogP contribution in [0.1, 0.15) is 12.5 Å². The number of nitrogens with zero attached hydrogens (tertiary/aromatic N) is 3. The number of H-pyrrole nitrogens is 1. The van der Waals surface area contributed by atoms with Gasteiger partial charge in [-0.1, -0.05) is 30.8 Å².